The van der Waals surface area contributed by atoms with Crippen molar-refractivity contribution >= 4 is 61.2 Å². The Morgan fingerprint density at radius 3 is 2.39 bits per heavy atom. The Kier molecular flexibility index (Phi) is 8.86. The number of benzene rings is 1. The third kappa shape index (κ3) is 7.01. The van der Waals surface area contributed by atoms with Crippen molar-refractivity contribution in [1.29, 1.82) is 0 Å². The van der Waals surface area contributed by atoms with E-state index in [0.717, 1.165) is 7.14 Å². The van der Waals surface area contributed by atoms with Crippen LogP contribution in [0.1, 0.15) is 10.4 Å². The molecule has 1 rings (SSSR count). The first kappa shape index (κ1) is 19.1. The molecule has 5 nitrogen and oxygen atoms in total. The van der Waals surface area contributed by atoms with Gasteiger partial charge in [-0.1, -0.05) is 0 Å². The molecule has 94 valence electrons. The van der Waals surface area contributed by atoms with E-state index in [4.69, 9.17) is 0 Å². The molecule has 0 atom stereocenters. The Morgan fingerprint density at radius 1 is 1.28 bits per heavy atom. The van der Waals surface area contributed by atoms with Gasteiger partial charge < -0.3 is 9.87 Å². The maximum atomic E-state index is 11.6. The van der Waals surface area contributed by atoms with E-state index >= 15 is 0 Å². The number of amides is 1. The molecule has 1 aromatic carbocycles. The summed E-state index contributed by atoms with van der Waals surface area (Å²) in [5, 5.41) is 2.38. The smallest absolute Gasteiger partial charge is 0.748 e. The first-order valence-electron chi connectivity index (χ1n) is 4.46. The van der Waals surface area contributed by atoms with Gasteiger partial charge in [-0.25, -0.2) is 8.42 Å². The standard InChI is InChI=1S/C9H9I2NO4S.Na/c10-7-2-1-6(5-8(7)11)9(13)12-3-4-17(14,15)16;/h1-2,5H,3-4H2,(H,12,13)(H,14,15,16);/q;+1/p-1. The molecule has 0 spiro atoms. The molecular weight excluding hydrogens is 495 g/mol. The van der Waals surface area contributed by atoms with E-state index in [2.05, 4.69) is 50.5 Å². The molecule has 0 saturated heterocycles. The van der Waals surface area contributed by atoms with Crippen molar-refractivity contribution in [3.63, 3.8) is 0 Å². The summed E-state index contributed by atoms with van der Waals surface area (Å²) < 4.78 is 33.0. The van der Waals surface area contributed by atoms with Crippen molar-refractivity contribution in [2.75, 3.05) is 12.3 Å². The van der Waals surface area contributed by atoms with E-state index in [1.807, 2.05) is 0 Å². The van der Waals surface area contributed by atoms with Crippen LogP contribution in [0.4, 0.5) is 0 Å². The van der Waals surface area contributed by atoms with Crippen molar-refractivity contribution in [3.05, 3.63) is 30.9 Å². The van der Waals surface area contributed by atoms with Gasteiger partial charge in [-0.05, 0) is 63.4 Å². The minimum Gasteiger partial charge on any atom is -0.748 e. The summed E-state index contributed by atoms with van der Waals surface area (Å²) in [5.41, 5.74) is 0.443. The van der Waals surface area contributed by atoms with Crippen LogP contribution >= 0.6 is 45.2 Å². The largest absolute Gasteiger partial charge is 1.00 e. The Morgan fingerprint density at radius 2 is 1.89 bits per heavy atom. The van der Waals surface area contributed by atoms with Gasteiger partial charge in [0.15, 0.2) is 0 Å². The maximum Gasteiger partial charge on any atom is 1.00 e. The van der Waals surface area contributed by atoms with Crippen LogP contribution in [-0.2, 0) is 10.1 Å². The minimum absolute atomic E-state index is 0. The molecule has 1 N–H and O–H groups in total. The molecule has 0 bridgehead atoms. The first-order valence-corrected chi connectivity index (χ1v) is 8.20. The molecule has 1 aromatic rings. The summed E-state index contributed by atoms with van der Waals surface area (Å²) in [7, 11) is -4.28. The second kappa shape index (κ2) is 8.37. The van der Waals surface area contributed by atoms with Gasteiger partial charge in [0.05, 0.1) is 15.9 Å². The molecule has 0 unspecified atom stereocenters. The van der Waals surface area contributed by atoms with Crippen molar-refractivity contribution < 1.29 is 47.3 Å². The summed E-state index contributed by atoms with van der Waals surface area (Å²) in [4.78, 5) is 11.6. The fraction of sp³-hybridized carbons (Fsp3) is 0.222. The summed E-state index contributed by atoms with van der Waals surface area (Å²) in [6.07, 6.45) is 0. The fourth-order valence-electron chi connectivity index (χ4n) is 1.03. The molecule has 1 amide bonds. The fourth-order valence-corrected chi connectivity index (χ4v) is 2.23. The number of rotatable bonds is 4. The summed E-state index contributed by atoms with van der Waals surface area (Å²) >= 11 is 4.24. The van der Waals surface area contributed by atoms with Gasteiger partial charge in [0.2, 0.25) is 0 Å². The van der Waals surface area contributed by atoms with Gasteiger partial charge in [0, 0.05) is 19.2 Å². The van der Waals surface area contributed by atoms with Crippen LogP contribution in [0.5, 0.6) is 0 Å². The van der Waals surface area contributed by atoms with Crippen molar-refractivity contribution in [2.24, 2.45) is 0 Å². The zero-order valence-corrected chi connectivity index (χ0v) is 16.6. The van der Waals surface area contributed by atoms with Crippen LogP contribution in [-0.4, -0.2) is 31.2 Å². The van der Waals surface area contributed by atoms with Crippen LogP contribution in [0.2, 0.25) is 0 Å². The van der Waals surface area contributed by atoms with Gasteiger partial charge in [-0.3, -0.25) is 4.79 Å². The molecule has 0 saturated carbocycles. The van der Waals surface area contributed by atoms with Crippen LogP contribution in [0, 0.1) is 7.14 Å². The third-order valence-electron chi connectivity index (χ3n) is 1.82. The number of hydrogen-bond acceptors (Lipinski definition) is 4. The number of nitrogens with one attached hydrogen (secondary N) is 1. The predicted molar refractivity (Wildman–Crippen MR) is 78.8 cm³/mol. The Balaban J connectivity index is 0.00000289. The Bertz CT molecular complexity index is 535. The average molecular weight is 503 g/mol. The van der Waals surface area contributed by atoms with E-state index in [-0.39, 0.29) is 42.0 Å². The number of hydrogen-bond donors (Lipinski definition) is 1. The zero-order chi connectivity index (χ0) is 13.1. The molecule has 0 aromatic heterocycles. The summed E-state index contributed by atoms with van der Waals surface area (Å²) in [6.45, 7) is -0.173. The van der Waals surface area contributed by atoms with Gasteiger partial charge in [-0.15, -0.1) is 0 Å². The van der Waals surface area contributed by atoms with E-state index in [1.54, 1.807) is 18.2 Å². The maximum absolute atomic E-state index is 11.6. The summed E-state index contributed by atoms with van der Waals surface area (Å²) in [5.74, 6) is -0.983. The van der Waals surface area contributed by atoms with Gasteiger partial charge >= 0.3 is 29.6 Å². The van der Waals surface area contributed by atoms with Crippen molar-refractivity contribution in [3.8, 4) is 0 Å². The van der Waals surface area contributed by atoms with Crippen LogP contribution < -0.4 is 34.9 Å². The molecule has 9 heteroatoms. The quantitative estimate of drug-likeness (QED) is 0.298. The Labute approximate surface area is 155 Å². The SMILES string of the molecule is O=C(NCCS(=O)(=O)[O-])c1ccc(I)c(I)c1.[Na+]. The minimum atomic E-state index is -4.28. The average Bonchev–Trinajstić information content (AvgIpc) is 2.20. The zero-order valence-electron chi connectivity index (χ0n) is 9.44. The molecule has 18 heavy (non-hydrogen) atoms. The molecule has 0 radical (unpaired) electrons. The third-order valence-corrected chi connectivity index (χ3v) is 5.39. The normalized spacial score (nSPS) is 10.6. The van der Waals surface area contributed by atoms with Gasteiger partial charge in [-0.2, -0.15) is 0 Å². The van der Waals surface area contributed by atoms with Crippen molar-refractivity contribution in [1.82, 2.24) is 5.32 Å². The number of halogens is 2. The number of carbonyl (C=O) groups is 1. The second-order valence-corrected chi connectivity index (χ2v) is 6.99. The molecule has 0 fully saturated rings. The van der Waals surface area contributed by atoms with Gasteiger partial charge in [0.25, 0.3) is 5.91 Å². The van der Waals surface area contributed by atoms with Gasteiger partial charge in [0.1, 0.15) is 0 Å². The molecule has 0 aliphatic rings. The van der Waals surface area contributed by atoms with Crippen LogP contribution in [0.3, 0.4) is 0 Å². The van der Waals surface area contributed by atoms with E-state index < -0.39 is 15.9 Å². The molecule has 0 aliphatic heterocycles. The Hall–Kier alpha value is 1.06. The van der Waals surface area contributed by atoms with Crippen LogP contribution in [0.25, 0.3) is 0 Å². The second-order valence-electron chi connectivity index (χ2n) is 3.15. The number of carbonyl (C=O) groups excluding carboxylic acids is 1. The van der Waals surface area contributed by atoms with Crippen LogP contribution in [0.15, 0.2) is 18.2 Å². The molecular formula is C9H8I2NNaO4S. The monoisotopic (exact) mass is 503 g/mol. The van der Waals surface area contributed by atoms with E-state index in [0.29, 0.717) is 5.56 Å². The predicted octanol–water partition coefficient (Wildman–Crippen LogP) is -1.83. The van der Waals surface area contributed by atoms with E-state index in [9.17, 15) is 17.8 Å². The molecule has 0 heterocycles. The van der Waals surface area contributed by atoms with Crippen molar-refractivity contribution in [2.45, 2.75) is 0 Å². The molecule has 0 aliphatic carbocycles. The topological polar surface area (TPSA) is 86.3 Å². The summed E-state index contributed by atoms with van der Waals surface area (Å²) in [6, 6.07) is 5.13. The van der Waals surface area contributed by atoms with E-state index in [1.165, 1.54) is 0 Å². The first-order chi connectivity index (χ1) is 7.79.